The van der Waals surface area contributed by atoms with Gasteiger partial charge in [0.05, 0.1) is 4.90 Å². The van der Waals surface area contributed by atoms with Crippen LogP contribution < -0.4 is 10.0 Å². The van der Waals surface area contributed by atoms with Gasteiger partial charge in [-0.15, -0.1) is 0 Å². The van der Waals surface area contributed by atoms with Gasteiger partial charge in [0, 0.05) is 6.04 Å². The average molecular weight is 354 g/mol. The van der Waals surface area contributed by atoms with Crippen molar-refractivity contribution < 1.29 is 22.7 Å². The SMILES string of the molecule is CC(C)[C@H](NS(=O)(=O)c1ccccc1)C(=O)OCC(=O)NC1CC1. The molecule has 1 aliphatic carbocycles. The molecule has 132 valence electrons. The monoisotopic (exact) mass is 354 g/mol. The molecule has 0 aromatic heterocycles. The van der Waals surface area contributed by atoms with Gasteiger partial charge in [0.2, 0.25) is 10.0 Å². The van der Waals surface area contributed by atoms with Crippen LogP contribution in [0.3, 0.4) is 0 Å². The molecule has 2 rings (SSSR count). The van der Waals surface area contributed by atoms with E-state index in [1.807, 2.05) is 0 Å². The number of carbonyl (C=O) groups is 2. The Kier molecular flexibility index (Phi) is 5.95. The van der Waals surface area contributed by atoms with Gasteiger partial charge in [0.15, 0.2) is 6.61 Å². The summed E-state index contributed by atoms with van der Waals surface area (Å²) < 4.78 is 32.0. The fourth-order valence-corrected chi connectivity index (χ4v) is 3.37. The van der Waals surface area contributed by atoms with Crippen molar-refractivity contribution in [1.29, 1.82) is 0 Å². The Hall–Kier alpha value is -1.93. The Morgan fingerprint density at radius 3 is 2.38 bits per heavy atom. The lowest BCUT2D eigenvalue weighted by molar-refractivity contribution is -0.151. The molecule has 1 aromatic carbocycles. The smallest absolute Gasteiger partial charge is 0.324 e. The summed E-state index contributed by atoms with van der Waals surface area (Å²) in [5.41, 5.74) is 0. The summed E-state index contributed by atoms with van der Waals surface area (Å²) in [4.78, 5) is 23.8. The summed E-state index contributed by atoms with van der Waals surface area (Å²) in [7, 11) is -3.85. The molecule has 24 heavy (non-hydrogen) atoms. The number of rotatable bonds is 8. The van der Waals surface area contributed by atoms with Gasteiger partial charge in [-0.3, -0.25) is 9.59 Å². The van der Waals surface area contributed by atoms with E-state index < -0.39 is 28.6 Å². The summed E-state index contributed by atoms with van der Waals surface area (Å²) in [6.07, 6.45) is 1.87. The first kappa shape index (κ1) is 18.4. The maximum absolute atomic E-state index is 12.3. The van der Waals surface area contributed by atoms with E-state index in [-0.39, 0.29) is 22.8 Å². The minimum absolute atomic E-state index is 0.0647. The highest BCUT2D eigenvalue weighted by atomic mass is 32.2. The molecule has 0 heterocycles. The topological polar surface area (TPSA) is 102 Å². The molecule has 1 amide bonds. The van der Waals surface area contributed by atoms with Crippen molar-refractivity contribution >= 4 is 21.9 Å². The van der Waals surface area contributed by atoms with Crippen LogP contribution in [-0.4, -0.2) is 39.0 Å². The van der Waals surface area contributed by atoms with E-state index >= 15 is 0 Å². The average Bonchev–Trinajstić information content (AvgIpc) is 3.35. The molecule has 1 saturated carbocycles. The zero-order valence-corrected chi connectivity index (χ0v) is 14.5. The molecule has 2 N–H and O–H groups in total. The van der Waals surface area contributed by atoms with E-state index in [1.165, 1.54) is 12.1 Å². The first-order valence-corrected chi connectivity index (χ1v) is 9.31. The third-order valence-corrected chi connectivity index (χ3v) is 5.00. The van der Waals surface area contributed by atoms with Crippen molar-refractivity contribution in [3.8, 4) is 0 Å². The van der Waals surface area contributed by atoms with E-state index in [2.05, 4.69) is 10.0 Å². The predicted octanol–water partition coefficient (Wildman–Crippen LogP) is 0.811. The van der Waals surface area contributed by atoms with Gasteiger partial charge in [0.25, 0.3) is 5.91 Å². The summed E-state index contributed by atoms with van der Waals surface area (Å²) in [6.45, 7) is 2.99. The zero-order valence-electron chi connectivity index (χ0n) is 13.7. The Morgan fingerprint density at radius 1 is 1.21 bits per heavy atom. The van der Waals surface area contributed by atoms with Crippen LogP contribution in [-0.2, 0) is 24.3 Å². The fraction of sp³-hybridized carbons (Fsp3) is 0.500. The van der Waals surface area contributed by atoms with Crippen LogP contribution in [0.5, 0.6) is 0 Å². The van der Waals surface area contributed by atoms with Crippen molar-refractivity contribution in [2.75, 3.05) is 6.61 Å². The van der Waals surface area contributed by atoms with Gasteiger partial charge in [-0.1, -0.05) is 32.0 Å². The van der Waals surface area contributed by atoms with Crippen LogP contribution in [0, 0.1) is 5.92 Å². The lowest BCUT2D eigenvalue weighted by Crippen LogP contribution is -2.46. The normalized spacial score (nSPS) is 15.8. The van der Waals surface area contributed by atoms with Crippen molar-refractivity contribution in [1.82, 2.24) is 10.0 Å². The number of carbonyl (C=O) groups excluding carboxylic acids is 2. The minimum atomic E-state index is -3.85. The lowest BCUT2D eigenvalue weighted by atomic mass is 10.1. The third kappa shape index (κ3) is 5.31. The quantitative estimate of drug-likeness (QED) is 0.673. The molecule has 0 radical (unpaired) electrons. The van der Waals surface area contributed by atoms with Gasteiger partial charge in [-0.05, 0) is 30.9 Å². The Bertz CT molecular complexity index is 684. The molecule has 0 bridgehead atoms. The molecule has 8 heteroatoms. The van der Waals surface area contributed by atoms with E-state index in [0.29, 0.717) is 0 Å². The maximum atomic E-state index is 12.3. The number of nitrogens with one attached hydrogen (secondary N) is 2. The molecule has 7 nitrogen and oxygen atoms in total. The molecule has 1 atom stereocenters. The predicted molar refractivity (Wildman–Crippen MR) is 87.5 cm³/mol. The van der Waals surface area contributed by atoms with Crippen LogP contribution in [0.1, 0.15) is 26.7 Å². The summed E-state index contributed by atoms with van der Waals surface area (Å²) in [5, 5.41) is 2.70. The number of benzene rings is 1. The van der Waals surface area contributed by atoms with E-state index in [1.54, 1.807) is 32.0 Å². The van der Waals surface area contributed by atoms with Crippen LogP contribution in [0.25, 0.3) is 0 Å². The second-order valence-electron chi connectivity index (χ2n) is 6.11. The molecule has 1 aliphatic rings. The minimum Gasteiger partial charge on any atom is -0.454 e. The Balaban J connectivity index is 1.97. The molecule has 0 aliphatic heterocycles. The van der Waals surface area contributed by atoms with Crippen molar-refractivity contribution in [2.45, 2.75) is 43.7 Å². The van der Waals surface area contributed by atoms with E-state index in [4.69, 9.17) is 4.74 Å². The second-order valence-corrected chi connectivity index (χ2v) is 7.82. The van der Waals surface area contributed by atoms with Crippen LogP contribution >= 0.6 is 0 Å². The highest BCUT2D eigenvalue weighted by Gasteiger charge is 2.30. The molecular weight excluding hydrogens is 332 g/mol. The van der Waals surface area contributed by atoms with Crippen LogP contribution in [0.2, 0.25) is 0 Å². The number of hydrogen-bond donors (Lipinski definition) is 2. The fourth-order valence-electron chi connectivity index (χ4n) is 2.01. The molecule has 1 aromatic rings. The summed E-state index contributed by atoms with van der Waals surface area (Å²) in [6, 6.07) is 6.88. The summed E-state index contributed by atoms with van der Waals surface area (Å²) >= 11 is 0. The van der Waals surface area contributed by atoms with Gasteiger partial charge >= 0.3 is 5.97 Å². The number of esters is 1. The lowest BCUT2D eigenvalue weighted by Gasteiger charge is -2.20. The van der Waals surface area contributed by atoms with Gasteiger partial charge in [-0.25, -0.2) is 8.42 Å². The second kappa shape index (κ2) is 7.76. The maximum Gasteiger partial charge on any atom is 0.324 e. The molecule has 0 spiro atoms. The largest absolute Gasteiger partial charge is 0.454 e. The number of ether oxygens (including phenoxy) is 1. The van der Waals surface area contributed by atoms with E-state index in [0.717, 1.165) is 12.8 Å². The molecular formula is C16H22N2O5S. The third-order valence-electron chi connectivity index (χ3n) is 3.54. The first-order valence-electron chi connectivity index (χ1n) is 7.83. The standard InChI is InChI=1S/C16H22N2O5S/c1-11(2)15(16(20)23-10-14(19)17-12-8-9-12)18-24(21,22)13-6-4-3-5-7-13/h3-7,11-12,15,18H,8-10H2,1-2H3,(H,17,19)/t15-/m0/s1. The number of hydrogen-bond acceptors (Lipinski definition) is 5. The molecule has 0 saturated heterocycles. The number of amides is 1. The van der Waals surface area contributed by atoms with Crippen molar-refractivity contribution in [3.05, 3.63) is 30.3 Å². The molecule has 0 unspecified atom stereocenters. The Morgan fingerprint density at radius 2 is 1.83 bits per heavy atom. The van der Waals surface area contributed by atoms with E-state index in [9.17, 15) is 18.0 Å². The zero-order chi connectivity index (χ0) is 17.7. The van der Waals surface area contributed by atoms with Crippen molar-refractivity contribution in [2.24, 2.45) is 5.92 Å². The number of sulfonamides is 1. The van der Waals surface area contributed by atoms with Crippen LogP contribution in [0.15, 0.2) is 35.2 Å². The van der Waals surface area contributed by atoms with Gasteiger partial charge in [-0.2, -0.15) is 4.72 Å². The van der Waals surface area contributed by atoms with Crippen molar-refractivity contribution in [3.63, 3.8) is 0 Å². The summed E-state index contributed by atoms with van der Waals surface area (Å²) in [5.74, 6) is -1.47. The highest BCUT2D eigenvalue weighted by molar-refractivity contribution is 7.89. The van der Waals surface area contributed by atoms with Crippen LogP contribution in [0.4, 0.5) is 0 Å². The highest BCUT2D eigenvalue weighted by Crippen LogP contribution is 2.18. The Labute approximate surface area is 141 Å². The first-order chi connectivity index (χ1) is 11.3. The van der Waals surface area contributed by atoms with Gasteiger partial charge < -0.3 is 10.1 Å². The molecule has 1 fully saturated rings. The van der Waals surface area contributed by atoms with Gasteiger partial charge in [0.1, 0.15) is 6.04 Å².